The number of benzene rings is 1. The number of nitrogens with two attached hydrogens (primary N) is 1. The Morgan fingerprint density at radius 3 is 2.40 bits per heavy atom. The minimum atomic E-state index is -4.48. The zero-order valence-corrected chi connectivity index (χ0v) is 19.9. The number of carbonyl (C=O) groups excluding carboxylic acids is 2. The van der Waals surface area contributed by atoms with Gasteiger partial charge in [0.2, 0.25) is 5.91 Å². The molecule has 35 heavy (non-hydrogen) atoms. The van der Waals surface area contributed by atoms with E-state index in [4.69, 9.17) is 17.3 Å². The van der Waals surface area contributed by atoms with E-state index in [1.807, 2.05) is 0 Å². The lowest BCUT2D eigenvalue weighted by molar-refractivity contribution is -0.159. The Hall–Kier alpha value is -2.82. The van der Waals surface area contributed by atoms with Crippen LogP contribution >= 0.6 is 11.6 Å². The van der Waals surface area contributed by atoms with Crippen molar-refractivity contribution in [2.75, 3.05) is 11.1 Å². The van der Waals surface area contributed by atoms with Crippen LogP contribution in [0.4, 0.5) is 29.1 Å². The van der Waals surface area contributed by atoms with Crippen molar-refractivity contribution in [3.63, 3.8) is 0 Å². The summed E-state index contributed by atoms with van der Waals surface area (Å²) in [6.45, 7) is 0.932. The Kier molecular flexibility index (Phi) is 6.74. The summed E-state index contributed by atoms with van der Waals surface area (Å²) in [5.41, 5.74) is 7.22. The van der Waals surface area contributed by atoms with Gasteiger partial charge in [0.1, 0.15) is 23.2 Å². The van der Waals surface area contributed by atoms with Gasteiger partial charge in [-0.05, 0) is 62.6 Å². The zero-order valence-electron chi connectivity index (χ0n) is 19.1. The van der Waals surface area contributed by atoms with Crippen molar-refractivity contribution in [1.29, 1.82) is 0 Å². The number of fused-ring (bicyclic) bond motifs is 1. The number of hydrogen-bond donors (Lipinski definition) is 3. The molecule has 4 rings (SSSR count). The highest BCUT2D eigenvalue weighted by Crippen LogP contribution is 2.53. The largest absolute Gasteiger partial charge is 0.408 e. The molecule has 12 heteroatoms. The highest BCUT2D eigenvalue weighted by atomic mass is 35.5. The van der Waals surface area contributed by atoms with Gasteiger partial charge in [0.25, 0.3) is 5.91 Å². The van der Waals surface area contributed by atoms with E-state index in [0.717, 1.165) is 13.0 Å². The lowest BCUT2D eigenvalue weighted by atomic mass is 9.93. The molecule has 3 atom stereocenters. The smallest absolute Gasteiger partial charge is 0.383 e. The number of halogens is 5. The van der Waals surface area contributed by atoms with Gasteiger partial charge in [-0.3, -0.25) is 14.3 Å². The first-order valence-electron chi connectivity index (χ1n) is 11.3. The van der Waals surface area contributed by atoms with E-state index in [2.05, 4.69) is 15.7 Å². The number of alkyl halides is 3. The number of amides is 2. The van der Waals surface area contributed by atoms with E-state index in [1.54, 1.807) is 7.05 Å². The third-order valence-corrected chi connectivity index (χ3v) is 7.44. The van der Waals surface area contributed by atoms with Crippen LogP contribution in [-0.2, 0) is 11.8 Å². The van der Waals surface area contributed by atoms with E-state index in [-0.39, 0.29) is 34.2 Å². The second-order valence-electron chi connectivity index (χ2n) is 9.48. The topological polar surface area (TPSA) is 102 Å². The average Bonchev–Trinajstić information content (AvgIpc) is 3.42. The molecule has 2 amide bonds. The summed E-state index contributed by atoms with van der Waals surface area (Å²) >= 11 is 5.80. The van der Waals surface area contributed by atoms with E-state index in [1.165, 1.54) is 16.8 Å². The summed E-state index contributed by atoms with van der Waals surface area (Å²) in [5, 5.41) is 9.10. The van der Waals surface area contributed by atoms with Crippen LogP contribution in [-0.4, -0.2) is 33.8 Å². The third-order valence-electron chi connectivity index (χ3n) is 7.15. The van der Waals surface area contributed by atoms with Gasteiger partial charge in [0.05, 0.1) is 10.7 Å². The number of aromatic nitrogens is 2. The van der Waals surface area contributed by atoms with Crippen molar-refractivity contribution in [3.8, 4) is 0 Å². The van der Waals surface area contributed by atoms with Crippen LogP contribution in [0.25, 0.3) is 0 Å². The summed E-state index contributed by atoms with van der Waals surface area (Å²) in [6, 6.07) is 1.94. The van der Waals surface area contributed by atoms with Crippen LogP contribution in [0.3, 0.4) is 0 Å². The molecule has 7 nitrogen and oxygen atoms in total. The molecule has 0 bridgehead atoms. The lowest BCUT2D eigenvalue weighted by Crippen LogP contribution is -2.45. The Labute approximate surface area is 204 Å². The normalized spacial score (nSPS) is 24.8. The molecule has 1 aromatic carbocycles. The summed E-state index contributed by atoms with van der Waals surface area (Å²) < 4.78 is 53.2. The molecular formula is C23H26ClF4N5O2. The Morgan fingerprint density at radius 2 is 1.83 bits per heavy atom. The van der Waals surface area contributed by atoms with Gasteiger partial charge >= 0.3 is 6.18 Å². The average molecular weight is 516 g/mol. The van der Waals surface area contributed by atoms with Crippen LogP contribution in [0.5, 0.6) is 0 Å². The minimum absolute atomic E-state index is 0.0795. The number of nitrogen functional groups attached to an aromatic ring is 1. The molecule has 190 valence electrons. The molecule has 2 saturated carbocycles. The fraction of sp³-hybridized carbons (Fsp3) is 0.522. The molecule has 4 N–H and O–H groups in total. The van der Waals surface area contributed by atoms with E-state index < -0.39 is 35.8 Å². The predicted octanol–water partition coefficient (Wildman–Crippen LogP) is 4.63. The van der Waals surface area contributed by atoms with Gasteiger partial charge in [-0.1, -0.05) is 11.6 Å². The fourth-order valence-corrected chi connectivity index (χ4v) is 5.49. The number of rotatable bonds is 5. The maximum Gasteiger partial charge on any atom is 0.408 e. The second kappa shape index (κ2) is 9.33. The first kappa shape index (κ1) is 25.3. The van der Waals surface area contributed by atoms with E-state index >= 15 is 0 Å². The van der Waals surface area contributed by atoms with Crippen molar-refractivity contribution in [2.45, 2.75) is 50.7 Å². The van der Waals surface area contributed by atoms with Crippen molar-refractivity contribution >= 4 is 34.9 Å². The number of nitrogens with zero attached hydrogens (tertiary/aromatic N) is 2. The summed E-state index contributed by atoms with van der Waals surface area (Å²) in [6.07, 6.45) is -2.18. The van der Waals surface area contributed by atoms with Crippen LogP contribution < -0.4 is 16.4 Å². The van der Waals surface area contributed by atoms with Crippen LogP contribution in [0.1, 0.15) is 54.6 Å². The van der Waals surface area contributed by atoms with Crippen molar-refractivity contribution in [3.05, 3.63) is 40.3 Å². The molecule has 2 aliphatic carbocycles. The highest BCUT2D eigenvalue weighted by Gasteiger charge is 2.47. The van der Waals surface area contributed by atoms with Crippen molar-refractivity contribution in [2.24, 2.45) is 24.8 Å². The minimum Gasteiger partial charge on any atom is -0.383 e. The second-order valence-corrected chi connectivity index (χ2v) is 9.89. The van der Waals surface area contributed by atoms with Gasteiger partial charge in [0, 0.05) is 24.6 Å². The lowest BCUT2D eigenvalue weighted by Gasteiger charge is -2.20. The van der Waals surface area contributed by atoms with Crippen molar-refractivity contribution < 1.29 is 27.2 Å². The molecule has 2 fully saturated rings. The molecule has 0 spiro atoms. The molecule has 1 aromatic heterocycles. The summed E-state index contributed by atoms with van der Waals surface area (Å²) in [7, 11) is 1.63. The highest BCUT2D eigenvalue weighted by molar-refractivity contribution is 6.31. The monoisotopic (exact) mass is 515 g/mol. The predicted molar refractivity (Wildman–Crippen MR) is 122 cm³/mol. The first-order valence-corrected chi connectivity index (χ1v) is 11.7. The molecule has 2 aliphatic rings. The first-order chi connectivity index (χ1) is 16.3. The molecule has 3 unspecified atom stereocenters. The van der Waals surface area contributed by atoms with Crippen molar-refractivity contribution in [1.82, 2.24) is 15.1 Å². The zero-order chi connectivity index (χ0) is 25.7. The van der Waals surface area contributed by atoms with Crippen LogP contribution in [0.2, 0.25) is 5.02 Å². The van der Waals surface area contributed by atoms with Gasteiger partial charge in [-0.2, -0.15) is 18.3 Å². The molecule has 0 aliphatic heterocycles. The van der Waals surface area contributed by atoms with E-state index in [9.17, 15) is 27.2 Å². The SMILES string of the molecule is CC(NC(=O)C1CC2CC(c3nn(C)c(N)c3C(=O)Nc3ccc(F)c(Cl)c3)CC2C1)C(F)(F)F. The molecule has 0 saturated heterocycles. The maximum absolute atomic E-state index is 13.4. The Morgan fingerprint density at radius 1 is 1.20 bits per heavy atom. The standard InChI is InChI=1S/C23H26ClF4N5O2/c1-10(23(26,27)28)30-21(34)14-7-11-5-13(6-12(11)8-14)19-18(20(29)33(2)32-19)22(35)31-15-3-4-17(25)16(24)9-15/h3-4,9-14H,5-8,29H2,1-2H3,(H,30,34)(H,31,35). The van der Waals surface area contributed by atoms with Crippen LogP contribution in [0.15, 0.2) is 18.2 Å². The van der Waals surface area contributed by atoms with Crippen LogP contribution in [0, 0.1) is 23.6 Å². The Bertz CT molecular complexity index is 1140. The quantitative estimate of drug-likeness (QED) is 0.505. The number of hydrogen-bond acceptors (Lipinski definition) is 4. The number of anilines is 2. The molecule has 2 aromatic rings. The number of carbonyl (C=O) groups is 2. The number of aryl methyl sites for hydroxylation is 1. The molecule has 0 radical (unpaired) electrons. The number of nitrogens with one attached hydrogen (secondary N) is 2. The summed E-state index contributed by atoms with van der Waals surface area (Å²) in [4.78, 5) is 25.4. The van der Waals surface area contributed by atoms with Gasteiger partial charge < -0.3 is 16.4 Å². The molecular weight excluding hydrogens is 490 g/mol. The fourth-order valence-electron chi connectivity index (χ4n) is 5.31. The van der Waals surface area contributed by atoms with E-state index in [0.29, 0.717) is 37.1 Å². The van der Waals surface area contributed by atoms with Gasteiger partial charge in [0.15, 0.2) is 0 Å². The van der Waals surface area contributed by atoms with Gasteiger partial charge in [-0.25, -0.2) is 4.39 Å². The molecule has 1 heterocycles. The third kappa shape index (κ3) is 5.10. The summed E-state index contributed by atoms with van der Waals surface area (Å²) in [5.74, 6) is -1.74. The maximum atomic E-state index is 13.4. The van der Waals surface area contributed by atoms with Gasteiger partial charge in [-0.15, -0.1) is 0 Å². The Balaban J connectivity index is 1.45.